The molecule has 0 aliphatic heterocycles. The van der Waals surface area contributed by atoms with Crippen molar-refractivity contribution in [1.82, 2.24) is 5.32 Å². The van der Waals surface area contributed by atoms with Crippen LogP contribution < -0.4 is 10.1 Å². The van der Waals surface area contributed by atoms with E-state index in [4.69, 9.17) is 4.74 Å². The number of hydrogen-bond donors (Lipinski definition) is 2. The van der Waals surface area contributed by atoms with Crippen LogP contribution in [0, 0.1) is 5.92 Å². The molecular weight excluding hydrogens is 318 g/mol. The van der Waals surface area contributed by atoms with Gasteiger partial charge in [-0.1, -0.05) is 44.7 Å². The first-order chi connectivity index (χ1) is 12.0. The molecule has 1 aromatic carbocycles. The molecule has 0 radical (unpaired) electrons. The standard InChI is InChI=1S/C20H29NO4/c1-14(15-8-7-9-16(13-15)25-2)12-19(22)21-18-11-6-4-3-5-10-17(18)20(23)24/h7-9,13-14,17-18H,3-6,10-12H2,1-2H3,(H,21,22)(H,23,24). The molecule has 1 aromatic rings. The van der Waals surface area contributed by atoms with Crippen molar-refractivity contribution < 1.29 is 19.4 Å². The van der Waals surface area contributed by atoms with Crippen LogP contribution >= 0.6 is 0 Å². The molecule has 3 atom stereocenters. The first-order valence-corrected chi connectivity index (χ1v) is 9.17. The highest BCUT2D eigenvalue weighted by molar-refractivity contribution is 5.79. The molecule has 3 unspecified atom stereocenters. The molecule has 0 bridgehead atoms. The Labute approximate surface area is 149 Å². The van der Waals surface area contributed by atoms with Crippen molar-refractivity contribution in [2.45, 2.75) is 63.8 Å². The van der Waals surface area contributed by atoms with Gasteiger partial charge in [-0.2, -0.15) is 0 Å². The predicted molar refractivity (Wildman–Crippen MR) is 96.8 cm³/mol. The van der Waals surface area contributed by atoms with Crippen LogP contribution in [0.15, 0.2) is 24.3 Å². The van der Waals surface area contributed by atoms with Crippen molar-refractivity contribution in [3.05, 3.63) is 29.8 Å². The van der Waals surface area contributed by atoms with Gasteiger partial charge in [0.15, 0.2) is 0 Å². The molecule has 2 N–H and O–H groups in total. The molecule has 0 aromatic heterocycles. The minimum absolute atomic E-state index is 0.0481. The molecule has 2 rings (SSSR count). The smallest absolute Gasteiger partial charge is 0.308 e. The van der Waals surface area contributed by atoms with E-state index in [1.807, 2.05) is 31.2 Å². The number of aliphatic carboxylic acids is 1. The SMILES string of the molecule is COc1cccc(C(C)CC(=O)NC2CCCCCCC2C(=O)O)c1. The van der Waals surface area contributed by atoms with Crippen molar-refractivity contribution >= 4 is 11.9 Å². The Morgan fingerprint density at radius 3 is 2.64 bits per heavy atom. The average Bonchev–Trinajstić information content (AvgIpc) is 2.57. The molecule has 138 valence electrons. The van der Waals surface area contributed by atoms with Crippen LogP contribution in [-0.2, 0) is 9.59 Å². The summed E-state index contributed by atoms with van der Waals surface area (Å²) >= 11 is 0. The van der Waals surface area contributed by atoms with E-state index in [0.717, 1.165) is 43.4 Å². The van der Waals surface area contributed by atoms with E-state index in [1.54, 1.807) is 7.11 Å². The van der Waals surface area contributed by atoms with Gasteiger partial charge < -0.3 is 15.2 Å². The van der Waals surface area contributed by atoms with Crippen molar-refractivity contribution in [2.24, 2.45) is 5.92 Å². The molecule has 0 heterocycles. The third-order valence-electron chi connectivity index (χ3n) is 5.08. The highest BCUT2D eigenvalue weighted by Crippen LogP contribution is 2.25. The van der Waals surface area contributed by atoms with Gasteiger partial charge >= 0.3 is 5.97 Å². The summed E-state index contributed by atoms with van der Waals surface area (Å²) in [7, 11) is 1.62. The average molecular weight is 347 g/mol. The number of benzene rings is 1. The Bertz CT molecular complexity index is 587. The normalized spacial score (nSPS) is 22.3. The number of rotatable bonds is 6. The van der Waals surface area contributed by atoms with E-state index in [2.05, 4.69) is 5.32 Å². The summed E-state index contributed by atoms with van der Waals surface area (Å²) in [4.78, 5) is 24.0. The molecule has 0 saturated heterocycles. The van der Waals surface area contributed by atoms with E-state index >= 15 is 0 Å². The van der Waals surface area contributed by atoms with Crippen molar-refractivity contribution in [3.63, 3.8) is 0 Å². The number of methoxy groups -OCH3 is 1. The third-order valence-corrected chi connectivity index (χ3v) is 5.08. The van der Waals surface area contributed by atoms with Gasteiger partial charge in [-0.3, -0.25) is 9.59 Å². The van der Waals surface area contributed by atoms with Crippen LogP contribution in [0.4, 0.5) is 0 Å². The fourth-order valence-electron chi connectivity index (χ4n) is 3.56. The van der Waals surface area contributed by atoms with Crippen LogP contribution in [0.25, 0.3) is 0 Å². The number of ether oxygens (including phenoxy) is 1. The van der Waals surface area contributed by atoms with Crippen molar-refractivity contribution in [3.8, 4) is 5.75 Å². The Morgan fingerprint density at radius 1 is 1.24 bits per heavy atom. The Kier molecular flexibility index (Phi) is 7.29. The highest BCUT2D eigenvalue weighted by Gasteiger charge is 2.30. The molecule has 1 fully saturated rings. The summed E-state index contributed by atoms with van der Waals surface area (Å²) in [6, 6.07) is 7.45. The third kappa shape index (κ3) is 5.76. The van der Waals surface area contributed by atoms with Gasteiger partial charge in [0.25, 0.3) is 0 Å². The topological polar surface area (TPSA) is 75.6 Å². The second kappa shape index (κ2) is 9.44. The molecule has 1 aliphatic rings. The van der Waals surface area contributed by atoms with Gasteiger partial charge in [0.2, 0.25) is 5.91 Å². The maximum atomic E-state index is 12.5. The quantitative estimate of drug-likeness (QED) is 0.822. The number of carboxylic acids is 1. The first kappa shape index (κ1) is 19.3. The first-order valence-electron chi connectivity index (χ1n) is 9.17. The molecular formula is C20H29NO4. The van der Waals surface area contributed by atoms with E-state index in [0.29, 0.717) is 12.8 Å². The summed E-state index contributed by atoms with van der Waals surface area (Å²) in [6.07, 6.45) is 5.82. The number of carbonyl (C=O) groups excluding carboxylic acids is 1. The maximum absolute atomic E-state index is 12.5. The number of carboxylic acid groups (broad SMARTS) is 1. The zero-order valence-corrected chi connectivity index (χ0v) is 15.2. The maximum Gasteiger partial charge on any atom is 0.308 e. The predicted octanol–water partition coefficient (Wildman–Crippen LogP) is 3.73. The van der Waals surface area contributed by atoms with Gasteiger partial charge in [0.05, 0.1) is 13.0 Å². The lowest BCUT2D eigenvalue weighted by Crippen LogP contribution is -2.44. The fraction of sp³-hybridized carbons (Fsp3) is 0.600. The second-order valence-corrected chi connectivity index (χ2v) is 6.99. The van der Waals surface area contributed by atoms with E-state index in [1.165, 1.54) is 0 Å². The van der Waals surface area contributed by atoms with Gasteiger partial charge in [-0.15, -0.1) is 0 Å². The largest absolute Gasteiger partial charge is 0.497 e. The summed E-state index contributed by atoms with van der Waals surface area (Å²) in [5.74, 6) is -0.529. The monoisotopic (exact) mass is 347 g/mol. The van der Waals surface area contributed by atoms with Crippen molar-refractivity contribution in [1.29, 1.82) is 0 Å². The van der Waals surface area contributed by atoms with E-state index < -0.39 is 11.9 Å². The zero-order chi connectivity index (χ0) is 18.2. The Hall–Kier alpha value is -2.04. The van der Waals surface area contributed by atoms with Gasteiger partial charge in [0.1, 0.15) is 5.75 Å². The number of nitrogens with one attached hydrogen (secondary N) is 1. The lowest BCUT2D eigenvalue weighted by Gasteiger charge is -2.27. The van der Waals surface area contributed by atoms with Crippen LogP contribution in [0.1, 0.15) is 63.4 Å². The highest BCUT2D eigenvalue weighted by atomic mass is 16.5. The van der Waals surface area contributed by atoms with Crippen LogP contribution in [0.3, 0.4) is 0 Å². The Balaban J connectivity index is 1.97. The van der Waals surface area contributed by atoms with Crippen LogP contribution in [-0.4, -0.2) is 30.1 Å². The minimum atomic E-state index is -0.798. The fourth-order valence-corrected chi connectivity index (χ4v) is 3.56. The number of amides is 1. The molecule has 1 saturated carbocycles. The molecule has 5 nitrogen and oxygen atoms in total. The second-order valence-electron chi connectivity index (χ2n) is 6.99. The molecule has 25 heavy (non-hydrogen) atoms. The molecule has 1 aliphatic carbocycles. The van der Waals surface area contributed by atoms with Crippen LogP contribution in [0.5, 0.6) is 5.75 Å². The summed E-state index contributed by atoms with van der Waals surface area (Å²) in [6.45, 7) is 2.00. The van der Waals surface area contributed by atoms with E-state index in [-0.39, 0.29) is 17.9 Å². The van der Waals surface area contributed by atoms with Crippen LogP contribution in [0.2, 0.25) is 0 Å². The lowest BCUT2D eigenvalue weighted by molar-refractivity contribution is -0.143. The lowest BCUT2D eigenvalue weighted by atomic mass is 9.86. The molecule has 5 heteroatoms. The molecule has 0 spiro atoms. The molecule has 1 amide bonds. The summed E-state index contributed by atoms with van der Waals surface area (Å²) in [5.41, 5.74) is 1.04. The summed E-state index contributed by atoms with van der Waals surface area (Å²) < 4.78 is 5.23. The van der Waals surface area contributed by atoms with Gasteiger partial charge in [0, 0.05) is 12.5 Å². The van der Waals surface area contributed by atoms with Gasteiger partial charge in [-0.25, -0.2) is 0 Å². The number of carbonyl (C=O) groups is 2. The van der Waals surface area contributed by atoms with Gasteiger partial charge in [-0.05, 0) is 36.5 Å². The summed E-state index contributed by atoms with van der Waals surface area (Å²) in [5, 5.41) is 12.5. The zero-order valence-electron chi connectivity index (χ0n) is 15.2. The minimum Gasteiger partial charge on any atom is -0.497 e. The van der Waals surface area contributed by atoms with E-state index in [9.17, 15) is 14.7 Å². The number of hydrogen-bond acceptors (Lipinski definition) is 3. The Morgan fingerprint density at radius 2 is 1.96 bits per heavy atom. The van der Waals surface area contributed by atoms with Crippen molar-refractivity contribution in [2.75, 3.05) is 7.11 Å².